The van der Waals surface area contributed by atoms with Crippen LogP contribution in [0.3, 0.4) is 0 Å². The van der Waals surface area contributed by atoms with Crippen LogP contribution in [0.2, 0.25) is 0 Å². The van der Waals surface area contributed by atoms with Gasteiger partial charge in [0.05, 0.1) is 23.7 Å². The topological polar surface area (TPSA) is 76.7 Å². The Morgan fingerprint density at radius 1 is 1.45 bits per heavy atom. The molecule has 2 N–H and O–H groups in total. The molecular formula is C13H20N2O4S. The first-order valence-corrected chi connectivity index (χ1v) is 7.88. The number of ether oxygens (including phenoxy) is 2. The first kappa shape index (κ1) is 15.1. The van der Waals surface area contributed by atoms with Crippen molar-refractivity contribution in [2.75, 3.05) is 32.1 Å². The summed E-state index contributed by atoms with van der Waals surface area (Å²) < 4.78 is 37.3. The molecule has 20 heavy (non-hydrogen) atoms. The number of anilines is 1. The smallest absolute Gasteiger partial charge is 0.240 e. The largest absolute Gasteiger partial charge is 0.484 e. The second kappa shape index (κ2) is 5.59. The summed E-state index contributed by atoms with van der Waals surface area (Å²) in [5.74, 6) is 0.664. The van der Waals surface area contributed by atoms with Gasteiger partial charge in [0.1, 0.15) is 11.4 Å². The van der Waals surface area contributed by atoms with Gasteiger partial charge in [0.15, 0.2) is 0 Å². The normalized spacial score (nSPS) is 16.9. The minimum absolute atomic E-state index is 0.211. The molecule has 0 bridgehead atoms. The fraction of sp³-hybridized carbons (Fsp3) is 0.538. The molecule has 0 unspecified atom stereocenters. The average Bonchev–Trinajstić information content (AvgIpc) is 2.37. The van der Waals surface area contributed by atoms with Gasteiger partial charge >= 0.3 is 0 Å². The highest BCUT2D eigenvalue weighted by Crippen LogP contribution is 2.34. The number of methoxy groups -OCH3 is 1. The van der Waals surface area contributed by atoms with E-state index in [0.717, 1.165) is 0 Å². The number of sulfonamides is 1. The number of hydrogen-bond acceptors (Lipinski definition) is 5. The maximum Gasteiger partial charge on any atom is 0.240 e. The minimum atomic E-state index is -3.52. The zero-order chi connectivity index (χ0) is 14.8. The Morgan fingerprint density at radius 3 is 2.90 bits per heavy atom. The van der Waals surface area contributed by atoms with Gasteiger partial charge in [0.2, 0.25) is 10.0 Å². The minimum Gasteiger partial charge on any atom is -0.484 e. The summed E-state index contributed by atoms with van der Waals surface area (Å²) in [6.07, 6.45) is 0. The molecule has 0 radical (unpaired) electrons. The summed E-state index contributed by atoms with van der Waals surface area (Å²) in [6, 6.07) is 4.80. The third kappa shape index (κ3) is 3.41. The molecule has 0 atom stereocenters. The van der Waals surface area contributed by atoms with Gasteiger partial charge in [-0.1, -0.05) is 0 Å². The van der Waals surface area contributed by atoms with Crippen molar-refractivity contribution in [3.8, 4) is 5.75 Å². The van der Waals surface area contributed by atoms with Gasteiger partial charge < -0.3 is 14.8 Å². The number of benzene rings is 1. The first-order valence-electron chi connectivity index (χ1n) is 6.40. The predicted octanol–water partition coefficient (Wildman–Crippen LogP) is 1.19. The molecule has 2 rings (SSSR count). The molecule has 0 saturated heterocycles. The zero-order valence-corrected chi connectivity index (χ0v) is 12.7. The maximum absolute atomic E-state index is 12.1. The summed E-state index contributed by atoms with van der Waals surface area (Å²) in [5.41, 5.74) is 0.392. The Kier molecular flexibility index (Phi) is 4.22. The number of fused-ring (bicyclic) bond motifs is 1. The van der Waals surface area contributed by atoms with Gasteiger partial charge in [-0.15, -0.1) is 0 Å². The van der Waals surface area contributed by atoms with E-state index in [4.69, 9.17) is 9.47 Å². The van der Waals surface area contributed by atoms with Crippen LogP contribution >= 0.6 is 0 Å². The van der Waals surface area contributed by atoms with Crippen molar-refractivity contribution in [1.82, 2.24) is 4.72 Å². The number of rotatable bonds is 5. The molecule has 6 nitrogen and oxygen atoms in total. The predicted molar refractivity (Wildman–Crippen MR) is 76.7 cm³/mol. The van der Waals surface area contributed by atoms with Crippen LogP contribution in [0.1, 0.15) is 13.8 Å². The Bertz CT molecular complexity index is 584. The van der Waals surface area contributed by atoms with Crippen LogP contribution in [0.5, 0.6) is 5.75 Å². The quantitative estimate of drug-likeness (QED) is 0.799. The Hall–Kier alpha value is -1.31. The number of nitrogens with one attached hydrogen (secondary N) is 2. The molecular weight excluding hydrogens is 280 g/mol. The van der Waals surface area contributed by atoms with Gasteiger partial charge in [-0.25, -0.2) is 13.1 Å². The van der Waals surface area contributed by atoms with E-state index in [0.29, 0.717) is 24.6 Å². The molecule has 112 valence electrons. The van der Waals surface area contributed by atoms with Crippen molar-refractivity contribution in [1.29, 1.82) is 0 Å². The maximum atomic E-state index is 12.1. The first-order chi connectivity index (χ1) is 9.34. The Labute approximate surface area is 119 Å². The SMILES string of the molecule is COCCNS(=O)(=O)c1ccc2c(c1)NCC(C)(C)O2. The lowest BCUT2D eigenvalue weighted by molar-refractivity contribution is 0.116. The van der Waals surface area contributed by atoms with Crippen molar-refractivity contribution in [2.24, 2.45) is 0 Å². The Balaban J connectivity index is 2.19. The van der Waals surface area contributed by atoms with E-state index < -0.39 is 10.0 Å². The van der Waals surface area contributed by atoms with Gasteiger partial charge in [-0.05, 0) is 32.0 Å². The standard InChI is InChI=1S/C13H20N2O4S/c1-13(2)9-14-11-8-10(4-5-12(11)19-13)20(16,17)15-6-7-18-3/h4-5,8,14-15H,6-7,9H2,1-3H3. The lowest BCUT2D eigenvalue weighted by Crippen LogP contribution is -2.40. The molecule has 1 aliphatic heterocycles. The second-order valence-corrected chi connectivity index (χ2v) is 7.03. The molecule has 0 aromatic heterocycles. The van der Waals surface area contributed by atoms with E-state index in [2.05, 4.69) is 10.0 Å². The van der Waals surface area contributed by atoms with Crippen molar-refractivity contribution in [3.63, 3.8) is 0 Å². The van der Waals surface area contributed by atoms with Crippen LogP contribution in [0.25, 0.3) is 0 Å². The van der Waals surface area contributed by atoms with Gasteiger partial charge in [-0.3, -0.25) is 0 Å². The highest BCUT2D eigenvalue weighted by Gasteiger charge is 2.27. The molecule has 1 aromatic carbocycles. The lowest BCUT2D eigenvalue weighted by Gasteiger charge is -2.33. The monoisotopic (exact) mass is 300 g/mol. The lowest BCUT2D eigenvalue weighted by atomic mass is 10.1. The second-order valence-electron chi connectivity index (χ2n) is 5.26. The molecule has 1 aliphatic rings. The van der Waals surface area contributed by atoms with Crippen LogP contribution in [-0.4, -0.2) is 40.8 Å². The molecule has 0 aliphatic carbocycles. The van der Waals surface area contributed by atoms with Gasteiger partial charge in [-0.2, -0.15) is 0 Å². The highest BCUT2D eigenvalue weighted by molar-refractivity contribution is 7.89. The van der Waals surface area contributed by atoms with Crippen LogP contribution in [-0.2, 0) is 14.8 Å². The zero-order valence-electron chi connectivity index (χ0n) is 11.9. The summed E-state index contributed by atoms with van der Waals surface area (Å²) in [7, 11) is -2.00. The summed E-state index contributed by atoms with van der Waals surface area (Å²) in [4.78, 5) is 0.211. The van der Waals surface area contributed by atoms with E-state index >= 15 is 0 Å². The van der Waals surface area contributed by atoms with E-state index in [-0.39, 0.29) is 17.0 Å². The van der Waals surface area contributed by atoms with E-state index in [1.54, 1.807) is 12.1 Å². The molecule has 0 spiro atoms. The van der Waals surface area contributed by atoms with E-state index in [1.165, 1.54) is 13.2 Å². The molecule has 0 amide bonds. The molecule has 0 saturated carbocycles. The van der Waals surface area contributed by atoms with Crippen LogP contribution < -0.4 is 14.8 Å². The van der Waals surface area contributed by atoms with E-state index in [9.17, 15) is 8.42 Å². The molecule has 1 aromatic rings. The molecule has 7 heteroatoms. The van der Waals surface area contributed by atoms with Crippen LogP contribution in [0, 0.1) is 0 Å². The third-order valence-corrected chi connectivity index (χ3v) is 4.41. The Morgan fingerprint density at radius 2 is 2.20 bits per heavy atom. The summed E-state index contributed by atoms with van der Waals surface area (Å²) >= 11 is 0. The fourth-order valence-corrected chi connectivity index (χ4v) is 2.95. The van der Waals surface area contributed by atoms with Gasteiger partial charge in [0.25, 0.3) is 0 Å². The molecule has 0 fully saturated rings. The van der Waals surface area contributed by atoms with E-state index in [1.807, 2.05) is 13.8 Å². The number of hydrogen-bond donors (Lipinski definition) is 2. The van der Waals surface area contributed by atoms with Crippen molar-refractivity contribution in [3.05, 3.63) is 18.2 Å². The summed E-state index contributed by atoms with van der Waals surface area (Å²) in [6.45, 7) is 5.15. The van der Waals surface area contributed by atoms with Gasteiger partial charge in [0, 0.05) is 13.7 Å². The van der Waals surface area contributed by atoms with Crippen molar-refractivity contribution in [2.45, 2.75) is 24.3 Å². The van der Waals surface area contributed by atoms with Crippen molar-refractivity contribution < 1.29 is 17.9 Å². The highest BCUT2D eigenvalue weighted by atomic mass is 32.2. The van der Waals surface area contributed by atoms with Crippen LogP contribution in [0.15, 0.2) is 23.1 Å². The fourth-order valence-electron chi connectivity index (χ4n) is 1.91. The van der Waals surface area contributed by atoms with Crippen molar-refractivity contribution >= 4 is 15.7 Å². The van der Waals surface area contributed by atoms with Crippen LogP contribution in [0.4, 0.5) is 5.69 Å². The average molecular weight is 300 g/mol. The molecule has 1 heterocycles. The third-order valence-electron chi connectivity index (χ3n) is 2.95. The summed E-state index contributed by atoms with van der Waals surface area (Å²) in [5, 5.41) is 3.19.